The zero-order valence-electron chi connectivity index (χ0n) is 14.9. The van der Waals surface area contributed by atoms with Gasteiger partial charge >= 0.3 is 0 Å². The molecule has 0 saturated carbocycles. The first kappa shape index (κ1) is 18.2. The average Bonchev–Trinajstić information content (AvgIpc) is 3.03. The quantitative estimate of drug-likeness (QED) is 0.686. The Morgan fingerprint density at radius 1 is 1.19 bits per heavy atom. The van der Waals surface area contributed by atoms with Crippen LogP contribution in [0, 0.1) is 0 Å². The monoisotopic (exact) mass is 398 g/mol. The number of carbonyl (C=O) groups is 1. The van der Waals surface area contributed by atoms with Crippen LogP contribution in [0.25, 0.3) is 16.2 Å². The van der Waals surface area contributed by atoms with Gasteiger partial charge in [-0.2, -0.15) is 0 Å². The lowest BCUT2D eigenvalue weighted by molar-refractivity contribution is -0.917. The first-order chi connectivity index (χ1) is 13.2. The highest BCUT2D eigenvalue weighted by atomic mass is 35.5. The fourth-order valence-electron chi connectivity index (χ4n) is 3.40. The predicted octanol–water partition coefficient (Wildman–Crippen LogP) is 2.89. The van der Waals surface area contributed by atoms with E-state index in [0.29, 0.717) is 0 Å². The van der Waals surface area contributed by atoms with Crippen LogP contribution in [0.2, 0.25) is 5.02 Å². The second kappa shape index (κ2) is 8.21. The number of amides is 1. The van der Waals surface area contributed by atoms with Gasteiger partial charge in [0.1, 0.15) is 6.54 Å². The number of nitrogens with one attached hydrogen (secondary N) is 1. The molecule has 1 N–H and O–H groups in total. The van der Waals surface area contributed by atoms with Crippen molar-refractivity contribution in [2.45, 2.75) is 6.54 Å². The molecule has 1 fully saturated rings. The Labute approximate surface area is 167 Å². The number of thiophene rings is 1. The summed E-state index contributed by atoms with van der Waals surface area (Å²) in [6.45, 7) is 4.47. The van der Waals surface area contributed by atoms with Crippen molar-refractivity contribution in [1.82, 2.24) is 9.88 Å². The highest BCUT2D eigenvalue weighted by Crippen LogP contribution is 2.35. The first-order valence-corrected chi connectivity index (χ1v) is 10.3. The summed E-state index contributed by atoms with van der Waals surface area (Å²) in [5, 5.41) is 1.77. The number of aromatic nitrogens is 1. The van der Waals surface area contributed by atoms with Crippen molar-refractivity contribution < 1.29 is 9.69 Å². The number of fused-ring (bicyclic) bond motifs is 1. The number of rotatable bonds is 4. The Morgan fingerprint density at radius 2 is 1.93 bits per heavy atom. The Morgan fingerprint density at radius 3 is 2.67 bits per heavy atom. The lowest BCUT2D eigenvalue weighted by atomic mass is 10.2. The van der Waals surface area contributed by atoms with Crippen LogP contribution in [-0.2, 0) is 11.3 Å². The number of piperazine rings is 1. The van der Waals surface area contributed by atoms with Crippen molar-refractivity contribution in [1.29, 1.82) is 0 Å². The van der Waals surface area contributed by atoms with Gasteiger partial charge in [0, 0.05) is 39.0 Å². The number of nitrogens with zero attached hydrogens (tertiary/aromatic N) is 2. The van der Waals surface area contributed by atoms with Crippen molar-refractivity contribution in [2.24, 2.45) is 0 Å². The molecule has 1 aliphatic heterocycles. The number of halogens is 1. The smallest absolute Gasteiger partial charge is 0.247 e. The maximum atomic E-state index is 12.5. The third kappa shape index (κ3) is 4.21. The molecule has 4 nitrogen and oxygen atoms in total. The van der Waals surface area contributed by atoms with Crippen molar-refractivity contribution in [3.8, 4) is 0 Å². The molecule has 0 radical (unpaired) electrons. The van der Waals surface area contributed by atoms with E-state index in [2.05, 4.69) is 23.2 Å². The van der Waals surface area contributed by atoms with Crippen molar-refractivity contribution in [2.75, 3.05) is 26.2 Å². The minimum atomic E-state index is 0.0616. The maximum absolute atomic E-state index is 12.5. The van der Waals surface area contributed by atoms with Crippen molar-refractivity contribution in [3.63, 3.8) is 0 Å². The molecule has 2 aromatic heterocycles. The molecule has 0 aliphatic carbocycles. The molecule has 1 amide bonds. The summed E-state index contributed by atoms with van der Waals surface area (Å²) in [6.07, 6.45) is 7.17. The van der Waals surface area contributed by atoms with E-state index in [4.69, 9.17) is 11.6 Å². The van der Waals surface area contributed by atoms with Gasteiger partial charge < -0.3 is 9.80 Å². The number of carbonyl (C=O) groups excluding carboxylic acids is 1. The molecule has 4 rings (SSSR count). The van der Waals surface area contributed by atoms with Gasteiger partial charge in [-0.25, -0.2) is 0 Å². The summed E-state index contributed by atoms with van der Waals surface area (Å²) in [5.74, 6) is 0.0616. The van der Waals surface area contributed by atoms with E-state index in [1.807, 2.05) is 41.6 Å². The number of benzene rings is 1. The van der Waals surface area contributed by atoms with Gasteiger partial charge in [0.15, 0.2) is 0 Å². The Kier molecular flexibility index (Phi) is 5.53. The van der Waals surface area contributed by atoms with Gasteiger partial charge in [0.2, 0.25) is 5.91 Å². The van der Waals surface area contributed by atoms with E-state index in [1.54, 1.807) is 17.4 Å². The van der Waals surface area contributed by atoms with Gasteiger partial charge in [-0.05, 0) is 24.3 Å². The van der Waals surface area contributed by atoms with Crippen LogP contribution < -0.4 is 4.90 Å². The highest BCUT2D eigenvalue weighted by molar-refractivity contribution is 7.20. The molecule has 0 unspecified atom stereocenters. The van der Waals surface area contributed by atoms with Crippen LogP contribution in [0.15, 0.2) is 54.9 Å². The Hall–Kier alpha value is -2.21. The minimum Gasteiger partial charge on any atom is -0.328 e. The first-order valence-electron chi connectivity index (χ1n) is 9.07. The van der Waals surface area contributed by atoms with E-state index >= 15 is 0 Å². The Bertz CT molecular complexity index is 962. The second-order valence-corrected chi connectivity index (χ2v) is 8.18. The predicted molar refractivity (Wildman–Crippen MR) is 111 cm³/mol. The third-order valence-electron chi connectivity index (χ3n) is 4.92. The molecular weight excluding hydrogens is 378 g/mol. The van der Waals surface area contributed by atoms with Crippen LogP contribution in [0.4, 0.5) is 0 Å². The molecule has 27 heavy (non-hydrogen) atoms. The van der Waals surface area contributed by atoms with Crippen molar-refractivity contribution >= 4 is 45.0 Å². The molecule has 3 aromatic rings. The number of hydrogen-bond donors (Lipinski definition) is 1. The third-order valence-corrected chi connectivity index (χ3v) is 6.58. The van der Waals surface area contributed by atoms with Gasteiger partial charge in [-0.1, -0.05) is 29.8 Å². The maximum Gasteiger partial charge on any atom is 0.247 e. The molecule has 1 aliphatic rings. The average molecular weight is 399 g/mol. The molecule has 138 valence electrons. The zero-order valence-corrected chi connectivity index (χ0v) is 16.5. The van der Waals surface area contributed by atoms with E-state index < -0.39 is 0 Å². The summed E-state index contributed by atoms with van der Waals surface area (Å²) < 4.78 is 1.14. The fraction of sp³-hybridized carbons (Fsp3) is 0.238. The number of quaternary nitrogens is 1. The number of hydrogen-bond acceptors (Lipinski definition) is 3. The van der Waals surface area contributed by atoms with Gasteiger partial charge in [-0.3, -0.25) is 9.78 Å². The highest BCUT2D eigenvalue weighted by Gasteiger charge is 2.22. The molecule has 1 aromatic carbocycles. The van der Waals surface area contributed by atoms with E-state index in [-0.39, 0.29) is 5.91 Å². The normalized spacial score (nSPS) is 15.7. The largest absolute Gasteiger partial charge is 0.328 e. The molecule has 6 heteroatoms. The van der Waals surface area contributed by atoms with E-state index in [0.717, 1.165) is 52.7 Å². The summed E-state index contributed by atoms with van der Waals surface area (Å²) in [7, 11) is 0. The number of pyridine rings is 1. The SMILES string of the molecule is O=C(/C=C/c1sc2ccccc2c1Cl)N1CC[NH+](Cc2ccncc2)CC1. The zero-order chi connectivity index (χ0) is 18.6. The Balaban J connectivity index is 1.35. The van der Waals surface area contributed by atoms with Crippen LogP contribution in [0.3, 0.4) is 0 Å². The second-order valence-electron chi connectivity index (χ2n) is 6.72. The van der Waals surface area contributed by atoms with Gasteiger partial charge in [-0.15, -0.1) is 11.3 Å². The molecule has 0 atom stereocenters. The summed E-state index contributed by atoms with van der Waals surface area (Å²) in [6, 6.07) is 12.2. The summed E-state index contributed by atoms with van der Waals surface area (Å²) in [4.78, 5) is 21.0. The minimum absolute atomic E-state index is 0.0616. The van der Waals surface area contributed by atoms with Crippen LogP contribution in [0.5, 0.6) is 0 Å². The van der Waals surface area contributed by atoms with Gasteiger partial charge in [0.25, 0.3) is 0 Å². The van der Waals surface area contributed by atoms with Crippen LogP contribution in [0.1, 0.15) is 10.4 Å². The lowest BCUT2D eigenvalue weighted by Crippen LogP contribution is -3.13. The van der Waals surface area contributed by atoms with E-state index in [1.165, 1.54) is 10.5 Å². The standard InChI is InChI=1S/C21H20ClN3OS/c22-21-17-3-1-2-4-18(17)27-19(21)5-6-20(26)25-13-11-24(12-14-25)15-16-7-9-23-10-8-16/h1-10H,11-15H2/p+1/b6-5+. The summed E-state index contributed by atoms with van der Waals surface area (Å²) >= 11 is 8.06. The van der Waals surface area contributed by atoms with Crippen LogP contribution in [-0.4, -0.2) is 42.0 Å². The molecule has 3 heterocycles. The topological polar surface area (TPSA) is 37.6 Å². The molecule has 1 saturated heterocycles. The summed E-state index contributed by atoms with van der Waals surface area (Å²) in [5.41, 5.74) is 1.29. The molecule has 0 bridgehead atoms. The fourth-order valence-corrected chi connectivity index (χ4v) is 4.80. The lowest BCUT2D eigenvalue weighted by Gasteiger charge is -2.31. The van der Waals surface area contributed by atoms with E-state index in [9.17, 15) is 4.79 Å². The molecular formula is C21H21ClN3OS+. The van der Waals surface area contributed by atoms with Gasteiger partial charge in [0.05, 0.1) is 31.2 Å². The molecule has 0 spiro atoms. The van der Waals surface area contributed by atoms with Crippen LogP contribution >= 0.6 is 22.9 Å². The van der Waals surface area contributed by atoms with Crippen molar-refractivity contribution in [3.05, 3.63) is 70.3 Å².